The van der Waals surface area contributed by atoms with Crippen LogP contribution in [0.15, 0.2) is 18.5 Å². The predicted molar refractivity (Wildman–Crippen MR) is 69.2 cm³/mol. The summed E-state index contributed by atoms with van der Waals surface area (Å²) < 4.78 is 0. The molecule has 1 atom stereocenters. The molecular formula is C12H19N5O. The van der Waals surface area contributed by atoms with E-state index in [4.69, 9.17) is 0 Å². The molecule has 0 aromatic carbocycles. The molecule has 1 aliphatic heterocycles. The number of aromatic nitrogens is 2. The first-order valence-corrected chi connectivity index (χ1v) is 6.23. The molecule has 1 aromatic rings. The van der Waals surface area contributed by atoms with E-state index in [1.165, 1.54) is 6.42 Å². The van der Waals surface area contributed by atoms with Gasteiger partial charge in [-0.15, -0.1) is 0 Å². The summed E-state index contributed by atoms with van der Waals surface area (Å²) in [4.78, 5) is 21.8. The van der Waals surface area contributed by atoms with E-state index in [9.17, 15) is 4.79 Å². The number of piperidine rings is 1. The zero-order valence-electron chi connectivity index (χ0n) is 10.6. The maximum atomic E-state index is 11.8. The molecule has 2 heterocycles. The Hall–Kier alpha value is -1.53. The Morgan fingerprint density at radius 2 is 2.33 bits per heavy atom. The Morgan fingerprint density at radius 3 is 3.00 bits per heavy atom. The van der Waals surface area contributed by atoms with E-state index in [0.29, 0.717) is 18.5 Å². The maximum Gasteiger partial charge on any atom is 0.240 e. The van der Waals surface area contributed by atoms with Crippen molar-refractivity contribution in [2.75, 3.05) is 32.0 Å². The van der Waals surface area contributed by atoms with Crippen molar-refractivity contribution in [2.24, 2.45) is 0 Å². The second-order valence-corrected chi connectivity index (χ2v) is 4.54. The van der Waals surface area contributed by atoms with Crippen LogP contribution in [-0.2, 0) is 4.79 Å². The summed E-state index contributed by atoms with van der Waals surface area (Å²) in [6.07, 6.45) is 5.52. The highest BCUT2D eigenvalue weighted by atomic mass is 16.2. The van der Waals surface area contributed by atoms with Crippen LogP contribution in [0.3, 0.4) is 0 Å². The fraction of sp³-hybridized carbons (Fsp3) is 0.583. The second-order valence-electron chi connectivity index (χ2n) is 4.54. The largest absolute Gasteiger partial charge is 0.315 e. The molecule has 18 heavy (non-hydrogen) atoms. The topological polar surface area (TPSA) is 70.2 Å². The molecule has 0 aliphatic carbocycles. The lowest BCUT2D eigenvalue weighted by Gasteiger charge is -2.31. The zero-order valence-corrected chi connectivity index (χ0v) is 10.6. The summed E-state index contributed by atoms with van der Waals surface area (Å²) in [5.74, 6) is 0.284. The van der Waals surface area contributed by atoms with Crippen LogP contribution in [-0.4, -0.2) is 53.5 Å². The lowest BCUT2D eigenvalue weighted by atomic mass is 10.1. The van der Waals surface area contributed by atoms with Gasteiger partial charge < -0.3 is 5.32 Å². The third kappa shape index (κ3) is 3.75. The molecule has 1 fully saturated rings. The van der Waals surface area contributed by atoms with E-state index in [1.54, 1.807) is 18.5 Å². The van der Waals surface area contributed by atoms with E-state index in [-0.39, 0.29) is 5.91 Å². The summed E-state index contributed by atoms with van der Waals surface area (Å²) in [5, 5.41) is 6.03. The van der Waals surface area contributed by atoms with Crippen molar-refractivity contribution in [3.05, 3.63) is 18.5 Å². The molecule has 1 amide bonds. The number of hydrogen-bond donors (Lipinski definition) is 2. The highest BCUT2D eigenvalue weighted by Crippen LogP contribution is 2.08. The van der Waals surface area contributed by atoms with Crippen molar-refractivity contribution < 1.29 is 4.79 Å². The zero-order chi connectivity index (χ0) is 12.8. The van der Waals surface area contributed by atoms with Crippen molar-refractivity contribution in [3.8, 4) is 0 Å². The van der Waals surface area contributed by atoms with Gasteiger partial charge in [-0.25, -0.2) is 9.97 Å². The Bertz CT molecular complexity index is 377. The number of carbonyl (C=O) groups excluding carboxylic acids is 1. The minimum atomic E-state index is -0.0747. The van der Waals surface area contributed by atoms with Gasteiger partial charge in [-0.2, -0.15) is 0 Å². The first-order valence-electron chi connectivity index (χ1n) is 6.23. The summed E-state index contributed by atoms with van der Waals surface area (Å²) in [6.45, 7) is 2.39. The summed E-state index contributed by atoms with van der Waals surface area (Å²) >= 11 is 0. The predicted octanol–water partition coefficient (Wildman–Crippen LogP) is 0.0989. The van der Waals surface area contributed by atoms with Crippen molar-refractivity contribution >= 4 is 11.9 Å². The molecule has 2 rings (SSSR count). The Balaban J connectivity index is 1.79. The van der Waals surface area contributed by atoms with Crippen molar-refractivity contribution in [1.82, 2.24) is 20.2 Å². The summed E-state index contributed by atoms with van der Waals surface area (Å²) in [7, 11) is 1.98. The van der Waals surface area contributed by atoms with Gasteiger partial charge in [0.2, 0.25) is 11.9 Å². The smallest absolute Gasteiger partial charge is 0.240 e. The fourth-order valence-electron chi connectivity index (χ4n) is 2.09. The van der Waals surface area contributed by atoms with E-state index < -0.39 is 0 Å². The molecule has 6 nitrogen and oxygen atoms in total. The normalized spacial score (nSPS) is 19.8. The van der Waals surface area contributed by atoms with Gasteiger partial charge in [0, 0.05) is 25.0 Å². The quantitative estimate of drug-likeness (QED) is 0.792. The molecule has 0 bridgehead atoms. The number of rotatable bonds is 4. The van der Waals surface area contributed by atoms with Gasteiger partial charge in [0.05, 0.1) is 6.54 Å². The van der Waals surface area contributed by atoms with E-state index >= 15 is 0 Å². The fourth-order valence-corrected chi connectivity index (χ4v) is 2.09. The average Bonchev–Trinajstić information content (AvgIpc) is 2.40. The van der Waals surface area contributed by atoms with Crippen LogP contribution < -0.4 is 10.6 Å². The maximum absolute atomic E-state index is 11.8. The number of nitrogens with zero attached hydrogens (tertiary/aromatic N) is 3. The van der Waals surface area contributed by atoms with Crippen molar-refractivity contribution in [1.29, 1.82) is 0 Å². The average molecular weight is 249 g/mol. The van der Waals surface area contributed by atoms with E-state index in [1.807, 2.05) is 7.05 Å². The van der Waals surface area contributed by atoms with Crippen molar-refractivity contribution in [3.63, 3.8) is 0 Å². The number of hydrogen-bond acceptors (Lipinski definition) is 5. The third-order valence-electron chi connectivity index (χ3n) is 3.10. The van der Waals surface area contributed by atoms with Gasteiger partial charge in [-0.1, -0.05) is 0 Å². The number of nitrogens with one attached hydrogen (secondary N) is 2. The number of amides is 1. The van der Waals surface area contributed by atoms with Crippen LogP contribution in [0, 0.1) is 0 Å². The highest BCUT2D eigenvalue weighted by Gasteiger charge is 2.19. The van der Waals surface area contributed by atoms with Gasteiger partial charge >= 0.3 is 0 Å². The van der Waals surface area contributed by atoms with Crippen LogP contribution in [0.25, 0.3) is 0 Å². The molecule has 0 spiro atoms. The number of carbonyl (C=O) groups is 1. The number of likely N-dealkylation sites (N-methyl/N-ethyl adjacent to an activating group) is 1. The molecule has 98 valence electrons. The molecule has 1 aromatic heterocycles. The lowest BCUT2D eigenvalue weighted by molar-refractivity contribution is -0.117. The highest BCUT2D eigenvalue weighted by molar-refractivity contribution is 5.90. The van der Waals surface area contributed by atoms with Crippen molar-refractivity contribution in [2.45, 2.75) is 18.9 Å². The molecule has 1 saturated heterocycles. The van der Waals surface area contributed by atoms with E-state index in [2.05, 4.69) is 25.5 Å². The Morgan fingerprint density at radius 1 is 1.56 bits per heavy atom. The van der Waals surface area contributed by atoms with Crippen LogP contribution in [0.5, 0.6) is 0 Å². The van der Waals surface area contributed by atoms with Crippen LogP contribution in [0.2, 0.25) is 0 Å². The first kappa shape index (κ1) is 12.9. The lowest BCUT2D eigenvalue weighted by Crippen LogP contribution is -2.46. The van der Waals surface area contributed by atoms with Gasteiger partial charge in [0.1, 0.15) is 0 Å². The standard InChI is InChI=1S/C12H19N5O/c1-17(10-4-2-5-13-8-10)9-11(18)16-12-14-6-3-7-15-12/h3,6-7,10,13H,2,4-5,8-9H2,1H3,(H,14,15,16,18). The third-order valence-corrected chi connectivity index (χ3v) is 3.10. The second kappa shape index (κ2) is 6.42. The molecular weight excluding hydrogens is 230 g/mol. The molecule has 2 N–H and O–H groups in total. The molecule has 0 saturated carbocycles. The van der Waals surface area contributed by atoms with Gasteiger partial charge in [-0.3, -0.25) is 15.0 Å². The van der Waals surface area contributed by atoms with Crippen LogP contribution in [0.1, 0.15) is 12.8 Å². The minimum Gasteiger partial charge on any atom is -0.315 e. The Kier molecular flexibility index (Phi) is 4.60. The molecule has 1 aliphatic rings. The molecule has 6 heteroatoms. The summed E-state index contributed by atoms with van der Waals surface area (Å²) in [6, 6.07) is 2.15. The molecule has 1 unspecified atom stereocenters. The Labute approximate surface area is 107 Å². The summed E-state index contributed by atoms with van der Waals surface area (Å²) in [5.41, 5.74) is 0. The van der Waals surface area contributed by atoms with Crippen LogP contribution in [0.4, 0.5) is 5.95 Å². The molecule has 0 radical (unpaired) electrons. The SMILES string of the molecule is CN(CC(=O)Nc1ncccn1)C1CCCNC1. The monoisotopic (exact) mass is 249 g/mol. The minimum absolute atomic E-state index is 0.0747. The van der Waals surface area contributed by atoms with Gasteiger partial charge in [-0.05, 0) is 32.5 Å². The first-order chi connectivity index (χ1) is 8.75. The van der Waals surface area contributed by atoms with Gasteiger partial charge in [0.15, 0.2) is 0 Å². The number of anilines is 1. The van der Waals surface area contributed by atoms with Crippen LogP contribution >= 0.6 is 0 Å². The van der Waals surface area contributed by atoms with E-state index in [0.717, 1.165) is 19.5 Å². The van der Waals surface area contributed by atoms with Gasteiger partial charge in [0.25, 0.3) is 0 Å².